The summed E-state index contributed by atoms with van der Waals surface area (Å²) in [6, 6.07) is 3.63. The van der Waals surface area contributed by atoms with E-state index >= 15 is 0 Å². The van der Waals surface area contributed by atoms with E-state index in [2.05, 4.69) is 0 Å². The second-order valence-electron chi connectivity index (χ2n) is 5.55. The molecule has 18 heavy (non-hydrogen) atoms. The number of benzene rings is 1. The van der Waals surface area contributed by atoms with Crippen LogP contribution in [0.15, 0.2) is 12.1 Å². The zero-order valence-electron chi connectivity index (χ0n) is 10.4. The van der Waals surface area contributed by atoms with E-state index in [1.165, 1.54) is 5.56 Å². The van der Waals surface area contributed by atoms with E-state index in [0.29, 0.717) is 12.8 Å². The van der Waals surface area contributed by atoms with E-state index in [-0.39, 0.29) is 5.75 Å². The van der Waals surface area contributed by atoms with Crippen LogP contribution in [-0.2, 0) is 23.1 Å². The highest BCUT2D eigenvalue weighted by Gasteiger charge is 2.46. The largest absolute Gasteiger partial charge is 0.508 e. The van der Waals surface area contributed by atoms with E-state index in [4.69, 9.17) is 0 Å². The van der Waals surface area contributed by atoms with Crippen LogP contribution in [0.5, 0.6) is 5.75 Å². The first-order valence-corrected chi connectivity index (χ1v) is 6.73. The molecule has 3 nitrogen and oxygen atoms in total. The average molecular weight is 246 g/mol. The highest BCUT2D eigenvalue weighted by Crippen LogP contribution is 2.48. The van der Waals surface area contributed by atoms with Gasteiger partial charge < -0.3 is 10.2 Å². The Labute approximate surface area is 106 Å². The lowest BCUT2D eigenvalue weighted by atomic mass is 9.75. The lowest BCUT2D eigenvalue weighted by Gasteiger charge is -2.28. The summed E-state index contributed by atoms with van der Waals surface area (Å²) >= 11 is 0. The van der Waals surface area contributed by atoms with Gasteiger partial charge in [0.2, 0.25) is 0 Å². The number of carbonyl (C=O) groups is 1. The summed E-state index contributed by atoms with van der Waals surface area (Å²) in [5.74, 6) is -0.587. The number of hydrogen-bond donors (Lipinski definition) is 2. The summed E-state index contributed by atoms with van der Waals surface area (Å²) in [7, 11) is 0. The van der Waals surface area contributed by atoms with Crippen LogP contribution in [0.1, 0.15) is 48.8 Å². The van der Waals surface area contributed by atoms with Gasteiger partial charge in [0, 0.05) is 5.56 Å². The van der Waals surface area contributed by atoms with E-state index in [0.717, 1.165) is 43.2 Å². The zero-order chi connectivity index (χ0) is 12.8. The molecule has 96 valence electrons. The second kappa shape index (κ2) is 4.01. The SMILES string of the molecule is O=C(O)C1(c2c(O)ccc3c2CCC3)CCCC1. The minimum absolute atomic E-state index is 0.181. The number of aryl methyl sites for hydroxylation is 1. The number of rotatable bonds is 2. The lowest BCUT2D eigenvalue weighted by Crippen LogP contribution is -2.33. The maximum absolute atomic E-state index is 11.8. The molecule has 0 unspecified atom stereocenters. The quantitative estimate of drug-likeness (QED) is 0.843. The topological polar surface area (TPSA) is 57.5 Å². The first-order chi connectivity index (χ1) is 8.65. The van der Waals surface area contributed by atoms with Gasteiger partial charge in [0.25, 0.3) is 0 Å². The Morgan fingerprint density at radius 1 is 1.11 bits per heavy atom. The van der Waals surface area contributed by atoms with Crippen molar-refractivity contribution in [2.45, 2.75) is 50.4 Å². The Bertz CT molecular complexity index is 499. The summed E-state index contributed by atoms with van der Waals surface area (Å²) in [4.78, 5) is 11.8. The molecule has 0 bridgehead atoms. The number of phenols is 1. The third-order valence-corrected chi connectivity index (χ3v) is 4.61. The highest BCUT2D eigenvalue weighted by atomic mass is 16.4. The standard InChI is InChI=1S/C15H18O3/c16-12-7-6-10-4-3-5-11(10)13(12)15(14(17)18)8-1-2-9-15/h6-7,16H,1-5,8-9H2,(H,17,18). The molecule has 2 N–H and O–H groups in total. The predicted octanol–water partition coefficient (Wildman–Crippen LogP) is 2.78. The van der Waals surface area contributed by atoms with Crippen molar-refractivity contribution >= 4 is 5.97 Å². The molecule has 0 saturated heterocycles. The molecule has 1 fully saturated rings. The third kappa shape index (κ3) is 1.46. The van der Waals surface area contributed by atoms with Crippen molar-refractivity contribution in [3.05, 3.63) is 28.8 Å². The number of aromatic hydroxyl groups is 1. The monoisotopic (exact) mass is 246 g/mol. The van der Waals surface area contributed by atoms with Crippen molar-refractivity contribution in [2.24, 2.45) is 0 Å². The molecule has 1 saturated carbocycles. The van der Waals surface area contributed by atoms with E-state index < -0.39 is 11.4 Å². The van der Waals surface area contributed by atoms with E-state index in [1.54, 1.807) is 6.07 Å². The summed E-state index contributed by atoms with van der Waals surface area (Å²) in [6.45, 7) is 0. The van der Waals surface area contributed by atoms with Crippen molar-refractivity contribution in [3.8, 4) is 5.75 Å². The first-order valence-electron chi connectivity index (χ1n) is 6.73. The minimum atomic E-state index is -0.834. The maximum Gasteiger partial charge on any atom is 0.314 e. The molecule has 0 atom stereocenters. The Morgan fingerprint density at radius 3 is 2.50 bits per heavy atom. The molecule has 0 aromatic heterocycles. The van der Waals surface area contributed by atoms with Gasteiger partial charge in [-0.1, -0.05) is 18.9 Å². The average Bonchev–Trinajstić information content (AvgIpc) is 2.96. The Balaban J connectivity index is 2.21. The van der Waals surface area contributed by atoms with Gasteiger partial charge in [0.1, 0.15) is 5.75 Å². The van der Waals surface area contributed by atoms with Gasteiger partial charge in [-0.05, 0) is 49.3 Å². The smallest absolute Gasteiger partial charge is 0.314 e. The molecule has 0 heterocycles. The molecule has 0 spiro atoms. The molecular weight excluding hydrogens is 228 g/mol. The van der Waals surface area contributed by atoms with E-state index in [1.807, 2.05) is 6.07 Å². The van der Waals surface area contributed by atoms with Crippen LogP contribution in [0.3, 0.4) is 0 Å². The summed E-state index contributed by atoms with van der Waals surface area (Å²) in [5, 5.41) is 19.8. The van der Waals surface area contributed by atoms with Crippen molar-refractivity contribution in [1.82, 2.24) is 0 Å². The number of fused-ring (bicyclic) bond motifs is 1. The van der Waals surface area contributed by atoms with Crippen LogP contribution in [-0.4, -0.2) is 16.2 Å². The van der Waals surface area contributed by atoms with Gasteiger partial charge in [-0.25, -0.2) is 0 Å². The number of carboxylic acid groups (broad SMARTS) is 1. The summed E-state index contributed by atoms with van der Waals surface area (Å²) in [6.07, 6.45) is 6.19. The van der Waals surface area contributed by atoms with Gasteiger partial charge in [-0.2, -0.15) is 0 Å². The second-order valence-corrected chi connectivity index (χ2v) is 5.55. The fourth-order valence-corrected chi connectivity index (χ4v) is 3.74. The van der Waals surface area contributed by atoms with Gasteiger partial charge in [-0.3, -0.25) is 4.79 Å². The van der Waals surface area contributed by atoms with Crippen LogP contribution in [0, 0.1) is 0 Å². The Hall–Kier alpha value is -1.51. The highest BCUT2D eigenvalue weighted by molar-refractivity contribution is 5.84. The molecule has 2 aliphatic rings. The molecule has 1 aromatic carbocycles. The number of carboxylic acids is 1. The zero-order valence-corrected chi connectivity index (χ0v) is 10.4. The predicted molar refractivity (Wildman–Crippen MR) is 67.9 cm³/mol. The molecule has 3 rings (SSSR count). The van der Waals surface area contributed by atoms with Crippen LogP contribution in [0.2, 0.25) is 0 Å². The first kappa shape index (κ1) is 11.6. The fraction of sp³-hybridized carbons (Fsp3) is 0.533. The summed E-state index contributed by atoms with van der Waals surface area (Å²) in [5.41, 5.74) is 2.23. The van der Waals surface area contributed by atoms with Crippen LogP contribution < -0.4 is 0 Å². The summed E-state index contributed by atoms with van der Waals surface area (Å²) < 4.78 is 0. The van der Waals surface area contributed by atoms with Crippen molar-refractivity contribution in [2.75, 3.05) is 0 Å². The molecule has 0 aliphatic heterocycles. The van der Waals surface area contributed by atoms with Crippen LogP contribution >= 0.6 is 0 Å². The molecular formula is C15H18O3. The number of aliphatic carboxylic acids is 1. The Morgan fingerprint density at radius 2 is 1.83 bits per heavy atom. The van der Waals surface area contributed by atoms with Crippen molar-refractivity contribution < 1.29 is 15.0 Å². The normalized spacial score (nSPS) is 20.9. The molecule has 1 aromatic rings. The van der Waals surface area contributed by atoms with Gasteiger partial charge in [-0.15, -0.1) is 0 Å². The number of hydrogen-bond acceptors (Lipinski definition) is 2. The fourth-order valence-electron chi connectivity index (χ4n) is 3.74. The molecule has 2 aliphatic carbocycles. The van der Waals surface area contributed by atoms with Gasteiger partial charge in [0.05, 0.1) is 5.41 Å². The Kier molecular flexibility index (Phi) is 2.58. The van der Waals surface area contributed by atoms with Crippen molar-refractivity contribution in [1.29, 1.82) is 0 Å². The number of phenolic OH excluding ortho intramolecular Hbond substituents is 1. The third-order valence-electron chi connectivity index (χ3n) is 4.61. The molecule has 0 amide bonds. The molecule has 3 heteroatoms. The lowest BCUT2D eigenvalue weighted by molar-refractivity contribution is -0.143. The van der Waals surface area contributed by atoms with Crippen molar-refractivity contribution in [3.63, 3.8) is 0 Å². The van der Waals surface area contributed by atoms with Crippen LogP contribution in [0.25, 0.3) is 0 Å². The molecule has 0 radical (unpaired) electrons. The van der Waals surface area contributed by atoms with E-state index in [9.17, 15) is 15.0 Å². The van der Waals surface area contributed by atoms with Gasteiger partial charge >= 0.3 is 5.97 Å². The van der Waals surface area contributed by atoms with Crippen LogP contribution in [0.4, 0.5) is 0 Å². The van der Waals surface area contributed by atoms with Gasteiger partial charge in [0.15, 0.2) is 0 Å². The maximum atomic E-state index is 11.8. The minimum Gasteiger partial charge on any atom is -0.508 e.